The van der Waals surface area contributed by atoms with Crippen molar-refractivity contribution in [2.75, 3.05) is 0 Å². The van der Waals surface area contributed by atoms with E-state index in [4.69, 9.17) is 11.6 Å². The molecule has 0 saturated heterocycles. The van der Waals surface area contributed by atoms with Gasteiger partial charge in [0.2, 0.25) is 5.82 Å². The third kappa shape index (κ3) is 2.57. The standard InChI is InChI=1S/C10H6ClFN2O3S/c11-8-2-1-7(18-8)6(15)4-14-3-5(12)9(16)13-10(14)17/h1-3H,4H2,(H,13,16,17). The van der Waals surface area contributed by atoms with E-state index < -0.39 is 17.1 Å². The summed E-state index contributed by atoms with van der Waals surface area (Å²) < 4.78 is 14.2. The second kappa shape index (κ2) is 4.87. The first-order chi connectivity index (χ1) is 8.47. The van der Waals surface area contributed by atoms with Crippen LogP contribution in [-0.2, 0) is 6.54 Å². The van der Waals surface area contributed by atoms with Gasteiger partial charge in [0.05, 0.1) is 22.0 Å². The van der Waals surface area contributed by atoms with Crippen LogP contribution in [0.3, 0.4) is 0 Å². The number of carbonyl (C=O) groups is 1. The summed E-state index contributed by atoms with van der Waals surface area (Å²) in [4.78, 5) is 36.0. The van der Waals surface area contributed by atoms with Crippen LogP contribution in [0.1, 0.15) is 9.67 Å². The Hall–Kier alpha value is -1.73. The number of rotatable bonds is 3. The van der Waals surface area contributed by atoms with Crippen LogP contribution >= 0.6 is 22.9 Å². The summed E-state index contributed by atoms with van der Waals surface area (Å²) in [5, 5.41) is 0. The molecule has 1 N–H and O–H groups in total. The van der Waals surface area contributed by atoms with Crippen LogP contribution < -0.4 is 11.2 Å². The van der Waals surface area contributed by atoms with E-state index >= 15 is 0 Å². The summed E-state index contributed by atoms with van der Waals surface area (Å²) in [6.07, 6.45) is 0.703. The summed E-state index contributed by atoms with van der Waals surface area (Å²) in [6, 6.07) is 3.07. The van der Waals surface area contributed by atoms with Crippen LogP contribution in [0.15, 0.2) is 27.9 Å². The van der Waals surface area contributed by atoms with Gasteiger partial charge in [0.15, 0.2) is 5.78 Å². The molecule has 5 nitrogen and oxygen atoms in total. The molecule has 0 aliphatic carbocycles. The molecule has 0 unspecified atom stereocenters. The Bertz CT molecular complexity index is 718. The normalized spacial score (nSPS) is 10.6. The SMILES string of the molecule is O=C(Cn1cc(F)c(=O)[nH]c1=O)c1ccc(Cl)s1. The van der Waals surface area contributed by atoms with Crippen LogP contribution in [-0.4, -0.2) is 15.3 Å². The quantitative estimate of drug-likeness (QED) is 0.865. The number of Topliss-reactive ketones (excluding diaryl/α,β-unsaturated/α-hetero) is 1. The first-order valence-electron chi connectivity index (χ1n) is 4.75. The maximum absolute atomic E-state index is 13.0. The molecule has 8 heteroatoms. The highest BCUT2D eigenvalue weighted by molar-refractivity contribution is 7.18. The van der Waals surface area contributed by atoms with E-state index in [0.29, 0.717) is 15.4 Å². The van der Waals surface area contributed by atoms with Crippen LogP contribution in [0.4, 0.5) is 4.39 Å². The van der Waals surface area contributed by atoms with Crippen molar-refractivity contribution in [1.29, 1.82) is 0 Å². The van der Waals surface area contributed by atoms with Gasteiger partial charge in [0.1, 0.15) is 0 Å². The summed E-state index contributed by atoms with van der Waals surface area (Å²) in [7, 11) is 0. The van der Waals surface area contributed by atoms with Gasteiger partial charge in [-0.25, -0.2) is 4.79 Å². The van der Waals surface area contributed by atoms with E-state index in [9.17, 15) is 18.8 Å². The molecular weight excluding hydrogens is 283 g/mol. The maximum Gasteiger partial charge on any atom is 0.328 e. The Labute approximate surface area is 108 Å². The largest absolute Gasteiger partial charge is 0.328 e. The van der Waals surface area contributed by atoms with Gasteiger partial charge in [0, 0.05) is 0 Å². The Morgan fingerprint density at radius 2 is 2.17 bits per heavy atom. The Balaban J connectivity index is 2.30. The molecule has 0 aliphatic rings. The van der Waals surface area contributed by atoms with Crippen LogP contribution in [0, 0.1) is 5.82 Å². The second-order valence-electron chi connectivity index (χ2n) is 3.39. The van der Waals surface area contributed by atoms with Gasteiger partial charge in [0.25, 0.3) is 5.56 Å². The summed E-state index contributed by atoms with van der Waals surface area (Å²) in [6.45, 7) is -0.358. The number of aromatic amines is 1. The highest BCUT2D eigenvalue weighted by Crippen LogP contribution is 2.21. The van der Waals surface area contributed by atoms with Gasteiger partial charge < -0.3 is 0 Å². The van der Waals surface area contributed by atoms with Crippen LogP contribution in [0.2, 0.25) is 4.34 Å². The molecule has 2 rings (SSSR count). The number of H-pyrrole nitrogens is 1. The number of hydrogen-bond donors (Lipinski definition) is 1. The monoisotopic (exact) mass is 288 g/mol. The lowest BCUT2D eigenvalue weighted by Gasteiger charge is -2.02. The van der Waals surface area contributed by atoms with Crippen molar-refractivity contribution < 1.29 is 9.18 Å². The van der Waals surface area contributed by atoms with Crippen LogP contribution in [0.5, 0.6) is 0 Å². The molecule has 2 aromatic heterocycles. The van der Waals surface area contributed by atoms with E-state index in [-0.39, 0.29) is 12.3 Å². The predicted molar refractivity (Wildman–Crippen MR) is 64.9 cm³/mol. The van der Waals surface area contributed by atoms with Gasteiger partial charge in [-0.3, -0.25) is 19.1 Å². The fourth-order valence-corrected chi connectivity index (χ4v) is 2.27. The number of halogens is 2. The number of hydrogen-bond acceptors (Lipinski definition) is 4. The molecule has 0 spiro atoms. The van der Waals surface area contributed by atoms with Gasteiger partial charge in [-0.05, 0) is 12.1 Å². The molecule has 2 aromatic rings. The smallest absolute Gasteiger partial charge is 0.291 e. The fraction of sp³-hybridized carbons (Fsp3) is 0.100. The summed E-state index contributed by atoms with van der Waals surface area (Å²) in [5.74, 6) is -1.51. The zero-order chi connectivity index (χ0) is 13.3. The number of carbonyl (C=O) groups excluding carboxylic acids is 1. The lowest BCUT2D eigenvalue weighted by atomic mass is 10.3. The average molecular weight is 289 g/mol. The molecule has 2 heterocycles. The molecule has 0 bridgehead atoms. The predicted octanol–water partition coefficient (Wildman–Crippen LogP) is 1.27. The van der Waals surface area contributed by atoms with Crippen molar-refractivity contribution in [3.05, 3.63) is 54.2 Å². The molecule has 0 radical (unpaired) electrons. The Morgan fingerprint density at radius 1 is 1.44 bits per heavy atom. The van der Waals surface area contributed by atoms with Crippen molar-refractivity contribution in [3.8, 4) is 0 Å². The minimum Gasteiger partial charge on any atom is -0.291 e. The first-order valence-corrected chi connectivity index (χ1v) is 5.94. The number of ketones is 1. The fourth-order valence-electron chi connectivity index (χ4n) is 1.30. The van der Waals surface area contributed by atoms with Crippen molar-refractivity contribution in [2.24, 2.45) is 0 Å². The molecule has 18 heavy (non-hydrogen) atoms. The van der Waals surface area contributed by atoms with Gasteiger partial charge in [-0.1, -0.05) is 11.6 Å². The molecule has 0 atom stereocenters. The molecule has 94 valence electrons. The lowest BCUT2D eigenvalue weighted by molar-refractivity contribution is 0.0974. The van der Waals surface area contributed by atoms with Crippen molar-refractivity contribution in [1.82, 2.24) is 9.55 Å². The van der Waals surface area contributed by atoms with Gasteiger partial charge in [-0.15, -0.1) is 11.3 Å². The van der Waals surface area contributed by atoms with Crippen molar-refractivity contribution in [2.45, 2.75) is 6.54 Å². The summed E-state index contributed by atoms with van der Waals surface area (Å²) >= 11 is 6.74. The van der Waals surface area contributed by atoms with E-state index in [0.717, 1.165) is 15.9 Å². The first kappa shape index (κ1) is 12.7. The van der Waals surface area contributed by atoms with E-state index in [1.165, 1.54) is 6.07 Å². The second-order valence-corrected chi connectivity index (χ2v) is 5.11. The zero-order valence-corrected chi connectivity index (χ0v) is 10.3. The van der Waals surface area contributed by atoms with E-state index in [1.807, 2.05) is 0 Å². The minimum atomic E-state index is -1.12. The molecule has 0 aliphatic heterocycles. The van der Waals surface area contributed by atoms with Gasteiger partial charge >= 0.3 is 5.69 Å². The van der Waals surface area contributed by atoms with Crippen molar-refractivity contribution >= 4 is 28.7 Å². The van der Waals surface area contributed by atoms with E-state index in [1.54, 1.807) is 11.1 Å². The van der Waals surface area contributed by atoms with Crippen molar-refractivity contribution in [3.63, 3.8) is 0 Å². The topological polar surface area (TPSA) is 71.9 Å². The molecule has 0 fully saturated rings. The Kier molecular flexibility index (Phi) is 3.44. The third-order valence-electron chi connectivity index (χ3n) is 2.13. The lowest BCUT2D eigenvalue weighted by Crippen LogP contribution is -2.33. The summed E-state index contributed by atoms with van der Waals surface area (Å²) in [5.41, 5.74) is -1.94. The number of nitrogens with zero attached hydrogens (tertiary/aromatic N) is 1. The third-order valence-corrected chi connectivity index (χ3v) is 3.40. The van der Waals surface area contributed by atoms with Crippen LogP contribution in [0.25, 0.3) is 0 Å². The maximum atomic E-state index is 13.0. The minimum absolute atomic E-state index is 0.358. The number of aromatic nitrogens is 2. The molecule has 0 amide bonds. The zero-order valence-electron chi connectivity index (χ0n) is 8.78. The number of nitrogens with one attached hydrogen (secondary N) is 1. The highest BCUT2D eigenvalue weighted by atomic mass is 35.5. The Morgan fingerprint density at radius 3 is 2.78 bits per heavy atom. The average Bonchev–Trinajstić information content (AvgIpc) is 2.73. The number of thiophene rings is 1. The highest BCUT2D eigenvalue weighted by Gasteiger charge is 2.12. The molecular formula is C10H6ClFN2O3S. The molecule has 0 aromatic carbocycles. The molecule has 0 saturated carbocycles. The van der Waals surface area contributed by atoms with Gasteiger partial charge in [-0.2, -0.15) is 4.39 Å². The van der Waals surface area contributed by atoms with E-state index in [2.05, 4.69) is 0 Å².